The van der Waals surface area contributed by atoms with Crippen molar-refractivity contribution >= 4 is 21.7 Å². The lowest BCUT2D eigenvalue weighted by molar-refractivity contribution is 0.0988. The highest BCUT2D eigenvalue weighted by molar-refractivity contribution is 9.10. The van der Waals surface area contributed by atoms with Crippen molar-refractivity contribution in [2.75, 3.05) is 0 Å². The highest BCUT2D eigenvalue weighted by atomic mass is 79.9. The zero-order valence-corrected chi connectivity index (χ0v) is 10.3. The molecule has 0 fully saturated rings. The molecule has 0 saturated heterocycles. The van der Waals surface area contributed by atoms with E-state index in [1.165, 1.54) is 0 Å². The summed E-state index contributed by atoms with van der Waals surface area (Å²) in [5.41, 5.74) is 1.52. The third-order valence-electron chi connectivity index (χ3n) is 2.25. The zero-order chi connectivity index (χ0) is 11.3. The van der Waals surface area contributed by atoms with Gasteiger partial charge in [0, 0.05) is 5.56 Å². The molecule has 15 heavy (non-hydrogen) atoms. The molecule has 0 amide bonds. The van der Waals surface area contributed by atoms with Crippen molar-refractivity contribution in [3.05, 3.63) is 35.4 Å². The van der Waals surface area contributed by atoms with Gasteiger partial charge in [0.25, 0.3) is 0 Å². The molecule has 0 aliphatic rings. The van der Waals surface area contributed by atoms with Crippen molar-refractivity contribution in [3.63, 3.8) is 0 Å². The van der Waals surface area contributed by atoms with E-state index < -0.39 is 0 Å². The standard InChI is InChI=1S/C12H15BrO2/c1-2-3-11(13)12(15)10-6-4-9(8-14)5-7-10/h4-7,11,14H,2-3,8H2,1H3/t11-/m1/s1. The number of benzene rings is 1. The Hall–Kier alpha value is -0.670. The number of carbonyl (C=O) groups excluding carboxylic acids is 1. The largest absolute Gasteiger partial charge is 0.392 e. The SMILES string of the molecule is CCC[C@@H](Br)C(=O)c1ccc(CO)cc1. The zero-order valence-electron chi connectivity index (χ0n) is 8.74. The molecule has 1 aromatic carbocycles. The van der Waals surface area contributed by atoms with Gasteiger partial charge in [-0.15, -0.1) is 0 Å². The molecule has 3 heteroatoms. The fourth-order valence-corrected chi connectivity index (χ4v) is 2.06. The number of carbonyl (C=O) groups is 1. The van der Waals surface area contributed by atoms with Gasteiger partial charge in [0.05, 0.1) is 11.4 Å². The minimum absolute atomic E-state index is 0.0151. The summed E-state index contributed by atoms with van der Waals surface area (Å²) in [6, 6.07) is 7.08. The maximum absolute atomic E-state index is 11.8. The molecule has 2 nitrogen and oxygen atoms in total. The van der Waals surface area contributed by atoms with E-state index in [0.29, 0.717) is 5.56 Å². The Morgan fingerprint density at radius 1 is 1.40 bits per heavy atom. The van der Waals surface area contributed by atoms with Crippen molar-refractivity contribution in [1.82, 2.24) is 0 Å². The Morgan fingerprint density at radius 2 is 2.00 bits per heavy atom. The molecule has 1 rings (SSSR count). The van der Waals surface area contributed by atoms with Gasteiger partial charge >= 0.3 is 0 Å². The number of rotatable bonds is 5. The van der Waals surface area contributed by atoms with Crippen LogP contribution >= 0.6 is 15.9 Å². The van der Waals surface area contributed by atoms with Crippen molar-refractivity contribution < 1.29 is 9.90 Å². The van der Waals surface area contributed by atoms with E-state index in [1.807, 2.05) is 0 Å². The van der Waals surface area contributed by atoms with Crippen LogP contribution in [0.3, 0.4) is 0 Å². The van der Waals surface area contributed by atoms with Crippen LogP contribution in [0.15, 0.2) is 24.3 Å². The third kappa shape index (κ3) is 3.43. The molecule has 0 bridgehead atoms. The number of aliphatic hydroxyl groups is 1. The minimum Gasteiger partial charge on any atom is -0.392 e. The summed E-state index contributed by atoms with van der Waals surface area (Å²) in [6.07, 6.45) is 1.83. The van der Waals surface area contributed by atoms with E-state index in [0.717, 1.165) is 18.4 Å². The summed E-state index contributed by atoms with van der Waals surface area (Å²) in [7, 11) is 0. The average molecular weight is 271 g/mol. The lowest BCUT2D eigenvalue weighted by Crippen LogP contribution is -2.13. The predicted molar refractivity (Wildman–Crippen MR) is 64.3 cm³/mol. The van der Waals surface area contributed by atoms with Crippen LogP contribution < -0.4 is 0 Å². The van der Waals surface area contributed by atoms with Crippen molar-refractivity contribution in [2.24, 2.45) is 0 Å². The first-order valence-corrected chi connectivity index (χ1v) is 5.98. The van der Waals surface area contributed by atoms with Gasteiger partial charge < -0.3 is 5.11 Å². The topological polar surface area (TPSA) is 37.3 Å². The smallest absolute Gasteiger partial charge is 0.176 e. The minimum atomic E-state index is -0.0949. The van der Waals surface area contributed by atoms with Crippen LogP contribution in [0.25, 0.3) is 0 Å². The molecule has 1 atom stereocenters. The summed E-state index contributed by atoms with van der Waals surface area (Å²) >= 11 is 3.38. The molecule has 0 unspecified atom stereocenters. The van der Waals surface area contributed by atoms with E-state index in [-0.39, 0.29) is 17.2 Å². The molecule has 0 heterocycles. The van der Waals surface area contributed by atoms with Crippen molar-refractivity contribution in [1.29, 1.82) is 0 Å². The van der Waals surface area contributed by atoms with Gasteiger partial charge in [-0.2, -0.15) is 0 Å². The van der Waals surface area contributed by atoms with Crippen LogP contribution in [-0.2, 0) is 6.61 Å². The Bertz CT molecular complexity index is 319. The summed E-state index contributed by atoms with van der Waals surface area (Å²) in [5.74, 6) is 0.112. The lowest BCUT2D eigenvalue weighted by Gasteiger charge is -2.07. The Morgan fingerprint density at radius 3 is 2.47 bits per heavy atom. The summed E-state index contributed by atoms with van der Waals surface area (Å²) < 4.78 is 0. The molecule has 0 aliphatic heterocycles. The van der Waals surface area contributed by atoms with Crippen LogP contribution in [0.2, 0.25) is 0 Å². The van der Waals surface area contributed by atoms with Crippen LogP contribution in [0.4, 0.5) is 0 Å². The van der Waals surface area contributed by atoms with Gasteiger partial charge in [0.2, 0.25) is 0 Å². The summed E-state index contributed by atoms with van der Waals surface area (Å²) in [5, 5.41) is 8.87. The molecule has 0 aliphatic carbocycles. The second kappa shape index (κ2) is 6.03. The summed E-state index contributed by atoms with van der Waals surface area (Å²) in [6.45, 7) is 2.07. The summed E-state index contributed by atoms with van der Waals surface area (Å²) in [4.78, 5) is 11.7. The molecule has 1 N–H and O–H groups in total. The number of aliphatic hydroxyl groups excluding tert-OH is 1. The predicted octanol–water partition coefficient (Wildman–Crippen LogP) is 2.93. The van der Waals surface area contributed by atoms with E-state index >= 15 is 0 Å². The number of halogens is 1. The van der Waals surface area contributed by atoms with Crippen LogP contribution in [0.5, 0.6) is 0 Å². The van der Waals surface area contributed by atoms with E-state index in [9.17, 15) is 4.79 Å². The maximum atomic E-state index is 11.8. The average Bonchev–Trinajstić information content (AvgIpc) is 2.28. The normalized spacial score (nSPS) is 12.5. The van der Waals surface area contributed by atoms with Gasteiger partial charge in [-0.3, -0.25) is 4.79 Å². The molecular weight excluding hydrogens is 256 g/mol. The Kier molecular flexibility index (Phi) is 4.99. The molecule has 0 spiro atoms. The van der Waals surface area contributed by atoms with Gasteiger partial charge in [-0.25, -0.2) is 0 Å². The molecular formula is C12H15BrO2. The fraction of sp³-hybridized carbons (Fsp3) is 0.417. The molecule has 1 aromatic rings. The van der Waals surface area contributed by atoms with E-state index in [1.54, 1.807) is 24.3 Å². The first-order valence-electron chi connectivity index (χ1n) is 5.07. The van der Waals surface area contributed by atoms with Crippen LogP contribution in [-0.4, -0.2) is 15.7 Å². The van der Waals surface area contributed by atoms with Crippen molar-refractivity contribution in [2.45, 2.75) is 31.2 Å². The first-order chi connectivity index (χ1) is 7.19. The van der Waals surface area contributed by atoms with Gasteiger partial charge in [0.1, 0.15) is 0 Å². The first kappa shape index (κ1) is 12.4. The lowest BCUT2D eigenvalue weighted by atomic mass is 10.0. The van der Waals surface area contributed by atoms with E-state index in [2.05, 4.69) is 22.9 Å². The van der Waals surface area contributed by atoms with Gasteiger partial charge in [-0.05, 0) is 12.0 Å². The monoisotopic (exact) mass is 270 g/mol. The second-order valence-corrected chi connectivity index (χ2v) is 4.58. The Labute approximate surface area is 98.4 Å². The highest BCUT2D eigenvalue weighted by Crippen LogP contribution is 2.15. The van der Waals surface area contributed by atoms with Gasteiger partial charge in [-0.1, -0.05) is 53.5 Å². The number of ketones is 1. The van der Waals surface area contributed by atoms with Crippen LogP contribution in [0, 0.1) is 0 Å². The molecule has 0 radical (unpaired) electrons. The van der Waals surface area contributed by atoms with E-state index in [4.69, 9.17) is 5.11 Å². The van der Waals surface area contributed by atoms with Crippen LogP contribution in [0.1, 0.15) is 35.7 Å². The molecule has 0 aromatic heterocycles. The number of alkyl halides is 1. The number of Topliss-reactive ketones (excluding diaryl/α,β-unsaturated/α-hetero) is 1. The van der Waals surface area contributed by atoms with Gasteiger partial charge in [0.15, 0.2) is 5.78 Å². The molecule has 0 saturated carbocycles. The quantitative estimate of drug-likeness (QED) is 0.660. The van der Waals surface area contributed by atoms with Crippen molar-refractivity contribution in [3.8, 4) is 0 Å². The highest BCUT2D eigenvalue weighted by Gasteiger charge is 2.15. The maximum Gasteiger partial charge on any atom is 0.176 e. The molecule has 82 valence electrons. The number of hydrogen-bond acceptors (Lipinski definition) is 2. The fourth-order valence-electron chi connectivity index (χ4n) is 1.34. The third-order valence-corrected chi connectivity index (χ3v) is 3.12. The second-order valence-electron chi connectivity index (χ2n) is 3.48. The number of hydrogen-bond donors (Lipinski definition) is 1. The Balaban J connectivity index is 2.73.